The van der Waals surface area contributed by atoms with E-state index in [1.807, 2.05) is 78.9 Å². The molecule has 7 nitrogen and oxygen atoms in total. The van der Waals surface area contributed by atoms with Crippen LogP contribution in [0.2, 0.25) is 0 Å². The molecule has 0 saturated heterocycles. The minimum Gasteiger partial charge on any atom is -0.319 e. The zero-order valence-electron chi connectivity index (χ0n) is 41.0. The number of nitriles is 2. The van der Waals surface area contributed by atoms with E-state index in [0.29, 0.717) is 39.6 Å². The summed E-state index contributed by atoms with van der Waals surface area (Å²) in [7, 11) is 0. The maximum atomic E-state index is 11.2. The molecule has 2 aliphatic rings. The fraction of sp³-hybridized carbons (Fsp3) is 0.0896. The van der Waals surface area contributed by atoms with Gasteiger partial charge in [0.15, 0.2) is 5.82 Å². The van der Waals surface area contributed by atoms with Gasteiger partial charge in [-0.2, -0.15) is 10.5 Å². The molecule has 346 valence electrons. The number of hydrogen-bond donors (Lipinski definition) is 0. The van der Waals surface area contributed by atoms with Crippen molar-refractivity contribution in [3.8, 4) is 79.7 Å². The second-order valence-electron chi connectivity index (χ2n) is 20.6. The SMILES string of the molecule is [C-]#[N+]c1cc(-c2nc(-c3ccccc3)nc(-c3ccc(-n4c5ccccc5c5cc6c(cc54)-c4ccccc4C6(C)C)c(C#N)c3)c2C#N)ccc1-n1c2ccccc2c2cc3c(cc21)-c1ccccc1C3(C)C. The van der Waals surface area contributed by atoms with E-state index in [1.165, 1.54) is 44.5 Å². The Kier molecular flexibility index (Phi) is 9.04. The first kappa shape index (κ1) is 43.0. The van der Waals surface area contributed by atoms with E-state index in [-0.39, 0.29) is 16.4 Å². The standard InChI is InChI=1S/C67H43N7/c1-66(2)52-23-13-9-19-43(52)47-35-61-49(33-54(47)66)45-21-11-15-25-58(45)73(61)57-29-27-40(31-42(57)37-68)63-51(38-69)64(72-65(71-63)39-17-7-6-8-18-39)41-28-30-60(56(32-41)70-5)74-59-26-16-12-22-46(59)50-34-55-48(36-62(50)74)44-20-10-14-24-53(44)67(55,3)4/h6-36H,1-4H3. The van der Waals surface area contributed by atoms with Crippen molar-refractivity contribution in [3.63, 3.8) is 0 Å². The van der Waals surface area contributed by atoms with Crippen molar-refractivity contribution >= 4 is 49.3 Å². The molecule has 0 amide bonds. The molecule has 0 bridgehead atoms. The first-order valence-corrected chi connectivity index (χ1v) is 24.9. The summed E-state index contributed by atoms with van der Waals surface area (Å²) in [5.41, 5.74) is 19.0. The minimum atomic E-state index is -0.173. The van der Waals surface area contributed by atoms with Gasteiger partial charge in [-0.1, -0.05) is 155 Å². The van der Waals surface area contributed by atoms with Crippen molar-refractivity contribution in [2.75, 3.05) is 0 Å². The van der Waals surface area contributed by atoms with Crippen molar-refractivity contribution in [1.29, 1.82) is 10.5 Å². The van der Waals surface area contributed by atoms with Gasteiger partial charge >= 0.3 is 0 Å². The molecule has 0 radical (unpaired) electrons. The monoisotopic (exact) mass is 945 g/mol. The van der Waals surface area contributed by atoms with E-state index in [4.69, 9.17) is 16.5 Å². The Balaban J connectivity index is 0.943. The Labute approximate surface area is 427 Å². The smallest absolute Gasteiger partial charge is 0.211 e. The Morgan fingerprint density at radius 1 is 0.432 bits per heavy atom. The Hall–Kier alpha value is -9.87. The van der Waals surface area contributed by atoms with E-state index in [9.17, 15) is 10.5 Å². The van der Waals surface area contributed by atoms with Gasteiger partial charge < -0.3 is 9.13 Å². The third-order valence-corrected chi connectivity index (χ3v) is 16.0. The lowest BCUT2D eigenvalue weighted by Crippen LogP contribution is -2.14. The van der Waals surface area contributed by atoms with Crippen LogP contribution in [0.25, 0.3) is 116 Å². The van der Waals surface area contributed by atoms with Crippen LogP contribution in [0, 0.1) is 29.2 Å². The summed E-state index contributed by atoms with van der Waals surface area (Å²) >= 11 is 0. The van der Waals surface area contributed by atoms with Gasteiger partial charge in [-0.05, 0) is 111 Å². The predicted octanol–water partition coefficient (Wildman–Crippen LogP) is 16.6. The summed E-state index contributed by atoms with van der Waals surface area (Å²) in [4.78, 5) is 14.4. The van der Waals surface area contributed by atoms with Crippen LogP contribution >= 0.6 is 0 Å². The zero-order chi connectivity index (χ0) is 50.2. The van der Waals surface area contributed by atoms with Gasteiger partial charge in [0.2, 0.25) is 5.69 Å². The quantitative estimate of drug-likeness (QED) is 0.161. The second kappa shape index (κ2) is 15.6. The number of benzene rings is 9. The van der Waals surface area contributed by atoms with E-state index in [0.717, 1.165) is 60.5 Å². The molecule has 12 aromatic rings. The lowest BCUT2D eigenvalue weighted by atomic mass is 9.82. The Morgan fingerprint density at radius 2 is 0.919 bits per heavy atom. The molecule has 3 heterocycles. The molecule has 9 aromatic carbocycles. The number of fused-ring (bicyclic) bond motifs is 12. The number of nitrogens with zero attached hydrogens (tertiary/aromatic N) is 7. The molecule has 0 atom stereocenters. The summed E-state index contributed by atoms with van der Waals surface area (Å²) in [6, 6.07) is 69.6. The summed E-state index contributed by atoms with van der Waals surface area (Å²) < 4.78 is 4.40. The number of rotatable bonds is 5. The molecule has 2 aliphatic carbocycles. The fourth-order valence-corrected chi connectivity index (χ4v) is 12.5. The van der Waals surface area contributed by atoms with Crippen LogP contribution in [0.1, 0.15) is 61.1 Å². The van der Waals surface area contributed by atoms with Crippen molar-refractivity contribution < 1.29 is 0 Å². The third kappa shape index (κ3) is 5.91. The largest absolute Gasteiger partial charge is 0.319 e. The number of para-hydroxylation sites is 2. The van der Waals surface area contributed by atoms with E-state index in [2.05, 4.69) is 163 Å². The van der Waals surface area contributed by atoms with Crippen LogP contribution in [-0.4, -0.2) is 19.1 Å². The highest BCUT2D eigenvalue weighted by Gasteiger charge is 2.38. The van der Waals surface area contributed by atoms with Crippen molar-refractivity contribution in [3.05, 3.63) is 233 Å². The summed E-state index contributed by atoms with van der Waals surface area (Å²) in [5.74, 6) is 0.421. The highest BCUT2D eigenvalue weighted by atomic mass is 15.0. The van der Waals surface area contributed by atoms with E-state index in [1.54, 1.807) is 0 Å². The normalized spacial score (nSPS) is 13.6. The van der Waals surface area contributed by atoms with Gasteiger partial charge in [0.1, 0.15) is 17.7 Å². The Bertz CT molecular complexity index is 4320. The van der Waals surface area contributed by atoms with Crippen LogP contribution in [0.3, 0.4) is 0 Å². The number of hydrogen-bond acceptors (Lipinski definition) is 4. The van der Waals surface area contributed by atoms with Gasteiger partial charge in [-0.15, -0.1) is 0 Å². The summed E-state index contributed by atoms with van der Waals surface area (Å²) in [6.45, 7) is 17.9. The van der Waals surface area contributed by atoms with Crippen LogP contribution in [-0.2, 0) is 10.8 Å². The number of aromatic nitrogens is 4. The van der Waals surface area contributed by atoms with Crippen molar-refractivity contribution in [2.45, 2.75) is 38.5 Å². The van der Waals surface area contributed by atoms with Crippen LogP contribution < -0.4 is 0 Å². The molecule has 0 fully saturated rings. The molecule has 3 aromatic heterocycles. The van der Waals surface area contributed by atoms with Gasteiger partial charge in [-0.3, -0.25) is 0 Å². The summed E-state index contributed by atoms with van der Waals surface area (Å²) in [5, 5.41) is 26.8. The molecular formula is C67H43N7. The van der Waals surface area contributed by atoms with Crippen LogP contribution in [0.5, 0.6) is 0 Å². The van der Waals surface area contributed by atoms with Crippen LogP contribution in [0.4, 0.5) is 5.69 Å². The lowest BCUT2D eigenvalue weighted by Gasteiger charge is -2.21. The average Bonchev–Trinajstić information content (AvgIpc) is 4.09. The zero-order valence-corrected chi connectivity index (χ0v) is 41.0. The van der Waals surface area contributed by atoms with Crippen molar-refractivity contribution in [2.24, 2.45) is 0 Å². The van der Waals surface area contributed by atoms with Crippen LogP contribution in [0.15, 0.2) is 188 Å². The maximum absolute atomic E-state index is 11.2. The topological polar surface area (TPSA) is 87.6 Å². The molecule has 14 rings (SSSR count). The molecule has 7 heteroatoms. The molecule has 74 heavy (non-hydrogen) atoms. The molecule has 0 N–H and O–H groups in total. The van der Waals surface area contributed by atoms with E-state index < -0.39 is 0 Å². The average molecular weight is 946 g/mol. The van der Waals surface area contributed by atoms with Gasteiger partial charge in [0.05, 0.1) is 57.0 Å². The Morgan fingerprint density at radius 3 is 1.46 bits per heavy atom. The second-order valence-corrected chi connectivity index (χ2v) is 20.6. The highest BCUT2D eigenvalue weighted by molar-refractivity contribution is 6.13. The molecular weight excluding hydrogens is 903 g/mol. The fourth-order valence-electron chi connectivity index (χ4n) is 12.5. The first-order chi connectivity index (χ1) is 36.1. The highest BCUT2D eigenvalue weighted by Crippen LogP contribution is 2.53. The maximum Gasteiger partial charge on any atom is 0.211 e. The molecule has 0 aliphatic heterocycles. The first-order valence-electron chi connectivity index (χ1n) is 24.9. The predicted molar refractivity (Wildman–Crippen MR) is 298 cm³/mol. The van der Waals surface area contributed by atoms with Gasteiger partial charge in [0.25, 0.3) is 0 Å². The third-order valence-electron chi connectivity index (χ3n) is 16.0. The lowest BCUT2D eigenvalue weighted by molar-refractivity contribution is 0.661. The molecule has 0 spiro atoms. The van der Waals surface area contributed by atoms with Gasteiger partial charge in [-0.25, -0.2) is 14.8 Å². The van der Waals surface area contributed by atoms with Gasteiger partial charge in [0, 0.05) is 43.5 Å². The minimum absolute atomic E-state index is 0.170. The summed E-state index contributed by atoms with van der Waals surface area (Å²) in [6.07, 6.45) is 0. The molecule has 0 saturated carbocycles. The van der Waals surface area contributed by atoms with Crippen molar-refractivity contribution in [1.82, 2.24) is 19.1 Å². The van der Waals surface area contributed by atoms with E-state index >= 15 is 0 Å². The molecule has 0 unspecified atom stereocenters.